The van der Waals surface area contributed by atoms with Gasteiger partial charge in [0, 0.05) is 10.7 Å². The van der Waals surface area contributed by atoms with Crippen molar-refractivity contribution in [2.45, 2.75) is 4.90 Å². The van der Waals surface area contributed by atoms with E-state index >= 15 is 0 Å². The van der Waals surface area contributed by atoms with Crippen LogP contribution in [0.2, 0.25) is 5.02 Å². The fraction of sp³-hybridized carbons (Fsp3) is 0. The number of sulfonamides is 1. The van der Waals surface area contributed by atoms with Crippen LogP contribution in [0.5, 0.6) is 0 Å². The molecule has 0 aliphatic heterocycles. The third-order valence-electron chi connectivity index (χ3n) is 2.39. The van der Waals surface area contributed by atoms with Crippen LogP contribution in [0.15, 0.2) is 53.4 Å². The Morgan fingerprint density at radius 1 is 1.00 bits per heavy atom. The molecule has 0 heterocycles. The third-order valence-corrected chi connectivity index (χ3v) is 4.08. The molecule has 0 saturated heterocycles. The first-order valence-electron chi connectivity index (χ1n) is 5.30. The maximum Gasteiger partial charge on any atom is 0.264 e. The van der Waals surface area contributed by atoms with Gasteiger partial charge in [0.1, 0.15) is 4.90 Å². The van der Waals surface area contributed by atoms with Gasteiger partial charge in [-0.1, -0.05) is 23.7 Å². The molecule has 2 aromatic rings. The standard InChI is InChI=1S/C12H11ClN2O3S/c13-9-5-7-10(8-6-9)15-19(17,18)12-4-2-1-3-11(12)14-16/h1-8,14-16H. The van der Waals surface area contributed by atoms with E-state index in [9.17, 15) is 8.42 Å². The Labute approximate surface area is 115 Å². The van der Waals surface area contributed by atoms with E-state index < -0.39 is 10.0 Å². The summed E-state index contributed by atoms with van der Waals surface area (Å²) in [5.74, 6) is 0. The van der Waals surface area contributed by atoms with Crippen molar-refractivity contribution in [1.82, 2.24) is 0 Å². The first-order chi connectivity index (χ1) is 9.03. The number of para-hydroxylation sites is 1. The Morgan fingerprint density at radius 2 is 1.63 bits per heavy atom. The number of rotatable bonds is 4. The van der Waals surface area contributed by atoms with E-state index in [0.717, 1.165) is 0 Å². The highest BCUT2D eigenvalue weighted by atomic mass is 35.5. The first-order valence-corrected chi connectivity index (χ1v) is 7.16. The summed E-state index contributed by atoms with van der Waals surface area (Å²) in [4.78, 5) is -0.0487. The highest BCUT2D eigenvalue weighted by Crippen LogP contribution is 2.23. The first kappa shape index (κ1) is 13.7. The van der Waals surface area contributed by atoms with E-state index in [1.807, 2.05) is 5.48 Å². The van der Waals surface area contributed by atoms with Crippen LogP contribution >= 0.6 is 11.6 Å². The molecule has 19 heavy (non-hydrogen) atoms. The monoisotopic (exact) mass is 298 g/mol. The third kappa shape index (κ3) is 3.17. The SMILES string of the molecule is O=S(=O)(Nc1ccc(Cl)cc1)c1ccccc1NO. The molecule has 2 aromatic carbocycles. The molecule has 0 radical (unpaired) electrons. The predicted molar refractivity (Wildman–Crippen MR) is 74.1 cm³/mol. The molecule has 7 heteroatoms. The molecular formula is C12H11ClN2O3S. The Morgan fingerprint density at radius 3 is 2.26 bits per heavy atom. The zero-order valence-electron chi connectivity index (χ0n) is 9.67. The molecule has 5 nitrogen and oxygen atoms in total. The van der Waals surface area contributed by atoms with E-state index in [1.165, 1.54) is 12.1 Å². The van der Waals surface area contributed by atoms with Crippen molar-refractivity contribution in [2.75, 3.05) is 10.2 Å². The number of benzene rings is 2. The second-order valence-electron chi connectivity index (χ2n) is 3.72. The molecule has 0 aromatic heterocycles. The normalized spacial score (nSPS) is 11.1. The topological polar surface area (TPSA) is 78.4 Å². The van der Waals surface area contributed by atoms with Crippen molar-refractivity contribution in [3.05, 3.63) is 53.6 Å². The fourth-order valence-corrected chi connectivity index (χ4v) is 2.86. The molecular weight excluding hydrogens is 288 g/mol. The molecule has 0 aliphatic rings. The van der Waals surface area contributed by atoms with Gasteiger partial charge in [0.15, 0.2) is 0 Å². The second-order valence-corrected chi connectivity index (χ2v) is 5.81. The van der Waals surface area contributed by atoms with E-state index in [0.29, 0.717) is 10.7 Å². The maximum atomic E-state index is 12.2. The summed E-state index contributed by atoms with van der Waals surface area (Å²) in [5.41, 5.74) is 2.34. The highest BCUT2D eigenvalue weighted by Gasteiger charge is 2.18. The van der Waals surface area contributed by atoms with Crippen molar-refractivity contribution >= 4 is 33.0 Å². The summed E-state index contributed by atoms with van der Waals surface area (Å²) in [6, 6.07) is 12.3. The Bertz CT molecular complexity index is 672. The quantitative estimate of drug-likeness (QED) is 0.758. The summed E-state index contributed by atoms with van der Waals surface area (Å²) < 4.78 is 26.7. The van der Waals surface area contributed by atoms with Gasteiger partial charge in [0.05, 0.1) is 5.69 Å². The zero-order valence-corrected chi connectivity index (χ0v) is 11.2. The van der Waals surface area contributed by atoms with Crippen molar-refractivity contribution in [3.8, 4) is 0 Å². The maximum absolute atomic E-state index is 12.2. The summed E-state index contributed by atoms with van der Waals surface area (Å²) in [7, 11) is -3.78. The molecule has 0 bridgehead atoms. The fourth-order valence-electron chi connectivity index (χ4n) is 1.52. The Balaban J connectivity index is 2.35. The number of nitrogens with one attached hydrogen (secondary N) is 2. The van der Waals surface area contributed by atoms with E-state index in [2.05, 4.69) is 4.72 Å². The Hall–Kier alpha value is -1.76. The lowest BCUT2D eigenvalue weighted by molar-refractivity contribution is 0.387. The molecule has 2 rings (SSSR count). The van der Waals surface area contributed by atoms with Crippen molar-refractivity contribution in [2.24, 2.45) is 0 Å². The van der Waals surface area contributed by atoms with E-state index in [-0.39, 0.29) is 10.6 Å². The lowest BCUT2D eigenvalue weighted by Gasteiger charge is -2.11. The minimum absolute atomic E-state index is 0.0487. The van der Waals surface area contributed by atoms with Gasteiger partial charge in [-0.2, -0.15) is 0 Å². The minimum atomic E-state index is -3.78. The van der Waals surface area contributed by atoms with Crippen molar-refractivity contribution < 1.29 is 13.6 Å². The predicted octanol–water partition coefficient (Wildman–Crippen LogP) is 2.94. The average molecular weight is 299 g/mol. The van der Waals surface area contributed by atoms with Gasteiger partial charge in [0.2, 0.25) is 0 Å². The second kappa shape index (κ2) is 5.48. The lowest BCUT2D eigenvalue weighted by atomic mass is 10.3. The molecule has 0 saturated carbocycles. The molecule has 0 spiro atoms. The van der Waals surface area contributed by atoms with E-state index in [1.54, 1.807) is 36.4 Å². The van der Waals surface area contributed by atoms with Gasteiger partial charge < -0.3 is 0 Å². The lowest BCUT2D eigenvalue weighted by Crippen LogP contribution is -2.14. The van der Waals surface area contributed by atoms with Crippen LogP contribution in [-0.2, 0) is 10.0 Å². The smallest absolute Gasteiger partial charge is 0.264 e. The number of hydrogen-bond donors (Lipinski definition) is 3. The minimum Gasteiger partial charge on any atom is -0.291 e. The van der Waals surface area contributed by atoms with Gasteiger partial charge in [-0.15, -0.1) is 0 Å². The summed E-state index contributed by atoms with van der Waals surface area (Å²) >= 11 is 5.73. The van der Waals surface area contributed by atoms with Crippen molar-refractivity contribution in [3.63, 3.8) is 0 Å². The Kier molecular flexibility index (Phi) is 3.94. The average Bonchev–Trinajstić information content (AvgIpc) is 2.41. The molecule has 0 atom stereocenters. The highest BCUT2D eigenvalue weighted by molar-refractivity contribution is 7.92. The van der Waals surface area contributed by atoms with Crippen LogP contribution in [0.1, 0.15) is 0 Å². The number of hydrogen-bond acceptors (Lipinski definition) is 4. The van der Waals surface area contributed by atoms with Crippen LogP contribution in [0, 0.1) is 0 Å². The van der Waals surface area contributed by atoms with Gasteiger partial charge in [-0.05, 0) is 36.4 Å². The van der Waals surface area contributed by atoms with Gasteiger partial charge in [0.25, 0.3) is 10.0 Å². The zero-order chi connectivity index (χ0) is 13.9. The molecule has 100 valence electrons. The largest absolute Gasteiger partial charge is 0.291 e. The number of anilines is 2. The molecule has 0 amide bonds. The van der Waals surface area contributed by atoms with Gasteiger partial charge in [-0.3, -0.25) is 15.4 Å². The van der Waals surface area contributed by atoms with Crippen LogP contribution in [-0.4, -0.2) is 13.6 Å². The summed E-state index contributed by atoms with van der Waals surface area (Å²) in [6.07, 6.45) is 0. The summed E-state index contributed by atoms with van der Waals surface area (Å²) in [6.45, 7) is 0. The molecule has 0 fully saturated rings. The molecule has 0 unspecified atom stereocenters. The van der Waals surface area contributed by atoms with Crippen LogP contribution in [0.4, 0.5) is 11.4 Å². The van der Waals surface area contributed by atoms with Crippen molar-refractivity contribution in [1.29, 1.82) is 0 Å². The van der Waals surface area contributed by atoms with Crippen LogP contribution in [0.3, 0.4) is 0 Å². The van der Waals surface area contributed by atoms with E-state index in [4.69, 9.17) is 16.8 Å². The summed E-state index contributed by atoms with van der Waals surface area (Å²) in [5, 5.41) is 9.44. The van der Waals surface area contributed by atoms with Gasteiger partial charge in [-0.25, -0.2) is 8.42 Å². The number of halogens is 1. The van der Waals surface area contributed by atoms with Gasteiger partial charge >= 0.3 is 0 Å². The molecule has 3 N–H and O–H groups in total. The van der Waals surface area contributed by atoms with Crippen LogP contribution < -0.4 is 10.2 Å². The van der Waals surface area contributed by atoms with Crippen LogP contribution in [0.25, 0.3) is 0 Å². The molecule has 0 aliphatic carbocycles.